The smallest absolute Gasteiger partial charge is 0.0595 e. The summed E-state index contributed by atoms with van der Waals surface area (Å²) in [7, 11) is 0. The molecule has 0 saturated heterocycles. The maximum absolute atomic E-state index is 6.11. The second-order valence-corrected chi connectivity index (χ2v) is 6.51. The van der Waals surface area contributed by atoms with E-state index in [2.05, 4.69) is 50.4 Å². The molecule has 0 aliphatic rings. The van der Waals surface area contributed by atoms with Crippen LogP contribution < -0.4 is 5.32 Å². The summed E-state index contributed by atoms with van der Waals surface area (Å²) in [5.74, 6) is 0.498. The molecule has 0 heterocycles. The molecule has 2 aromatic rings. The minimum atomic E-state index is 0.201. The van der Waals surface area contributed by atoms with Crippen molar-refractivity contribution in [1.82, 2.24) is 5.32 Å². The van der Waals surface area contributed by atoms with Gasteiger partial charge in [0.2, 0.25) is 0 Å². The molecule has 1 N–H and O–H groups in total. The summed E-state index contributed by atoms with van der Waals surface area (Å²) in [6.45, 7) is 6.61. The molecule has 0 spiro atoms. The van der Waals surface area contributed by atoms with Crippen LogP contribution in [0.4, 0.5) is 0 Å². The largest absolute Gasteiger partial charge is 0.303 e. The van der Waals surface area contributed by atoms with Crippen LogP contribution in [0.5, 0.6) is 0 Å². The number of rotatable bonds is 5. The van der Waals surface area contributed by atoms with Crippen molar-refractivity contribution in [2.24, 2.45) is 5.92 Å². The number of benzene rings is 2. The maximum atomic E-state index is 6.11. The molecule has 2 unspecified atom stereocenters. The predicted molar refractivity (Wildman–Crippen MR) is 92.0 cm³/mol. The van der Waals surface area contributed by atoms with Gasteiger partial charge in [-0.1, -0.05) is 73.4 Å². The van der Waals surface area contributed by atoms with Gasteiger partial charge in [0, 0.05) is 12.1 Å². The van der Waals surface area contributed by atoms with E-state index in [0.717, 1.165) is 5.56 Å². The van der Waals surface area contributed by atoms with Crippen molar-refractivity contribution in [2.45, 2.75) is 32.9 Å². The summed E-state index contributed by atoms with van der Waals surface area (Å²) in [5, 5.41) is 4.89. The standard InChI is InChI=1S/C18H21Cl2N/c1-12(2)18(14-7-5-4-6-8-14)21-13(3)15-9-10-16(19)17(20)11-15/h4-13,18,21H,1-3H3. The minimum Gasteiger partial charge on any atom is -0.303 e. The van der Waals surface area contributed by atoms with E-state index in [-0.39, 0.29) is 6.04 Å². The fourth-order valence-corrected chi connectivity index (χ4v) is 2.79. The first-order valence-corrected chi connectivity index (χ1v) is 8.00. The van der Waals surface area contributed by atoms with Crippen LogP contribution in [0.2, 0.25) is 10.0 Å². The molecule has 0 radical (unpaired) electrons. The second kappa shape index (κ2) is 7.31. The highest BCUT2D eigenvalue weighted by molar-refractivity contribution is 6.42. The summed E-state index contributed by atoms with van der Waals surface area (Å²) in [5.41, 5.74) is 2.45. The quantitative estimate of drug-likeness (QED) is 0.707. The zero-order chi connectivity index (χ0) is 15.4. The molecular weight excluding hydrogens is 301 g/mol. The zero-order valence-electron chi connectivity index (χ0n) is 12.6. The Balaban J connectivity index is 2.18. The van der Waals surface area contributed by atoms with Crippen LogP contribution in [0, 0.1) is 5.92 Å². The van der Waals surface area contributed by atoms with Crippen LogP contribution in [0.3, 0.4) is 0 Å². The van der Waals surface area contributed by atoms with Gasteiger partial charge >= 0.3 is 0 Å². The lowest BCUT2D eigenvalue weighted by Gasteiger charge is -2.27. The molecule has 0 fully saturated rings. The third-order valence-corrected chi connectivity index (χ3v) is 4.44. The highest BCUT2D eigenvalue weighted by atomic mass is 35.5. The van der Waals surface area contributed by atoms with E-state index in [1.807, 2.05) is 24.3 Å². The van der Waals surface area contributed by atoms with E-state index in [4.69, 9.17) is 23.2 Å². The van der Waals surface area contributed by atoms with Crippen LogP contribution in [-0.4, -0.2) is 0 Å². The number of nitrogens with one attached hydrogen (secondary N) is 1. The summed E-state index contributed by atoms with van der Waals surface area (Å²) < 4.78 is 0. The van der Waals surface area contributed by atoms with Gasteiger partial charge in [0.15, 0.2) is 0 Å². The van der Waals surface area contributed by atoms with E-state index < -0.39 is 0 Å². The van der Waals surface area contributed by atoms with Gasteiger partial charge < -0.3 is 5.32 Å². The lowest BCUT2D eigenvalue weighted by atomic mass is 9.94. The summed E-state index contributed by atoms with van der Waals surface area (Å²) in [6.07, 6.45) is 0. The first-order chi connectivity index (χ1) is 9.99. The molecule has 112 valence electrons. The molecule has 2 aromatic carbocycles. The first kappa shape index (κ1) is 16.4. The third kappa shape index (κ3) is 4.23. The molecule has 0 aliphatic heterocycles. The van der Waals surface area contributed by atoms with Crippen LogP contribution in [0.25, 0.3) is 0 Å². The van der Waals surface area contributed by atoms with Gasteiger partial charge in [-0.05, 0) is 36.1 Å². The third-order valence-electron chi connectivity index (χ3n) is 3.70. The monoisotopic (exact) mass is 321 g/mol. The SMILES string of the molecule is CC(NC(c1ccccc1)C(C)C)c1ccc(Cl)c(Cl)c1. The van der Waals surface area contributed by atoms with Crippen molar-refractivity contribution >= 4 is 23.2 Å². The van der Waals surface area contributed by atoms with Crippen LogP contribution in [0.1, 0.15) is 44.0 Å². The van der Waals surface area contributed by atoms with Crippen molar-refractivity contribution in [3.63, 3.8) is 0 Å². The van der Waals surface area contributed by atoms with Gasteiger partial charge in [-0.2, -0.15) is 0 Å². The average molecular weight is 322 g/mol. The maximum Gasteiger partial charge on any atom is 0.0595 e. The lowest BCUT2D eigenvalue weighted by Crippen LogP contribution is -2.28. The fourth-order valence-electron chi connectivity index (χ4n) is 2.48. The Labute approximate surface area is 137 Å². The Hall–Kier alpha value is -1.02. The highest BCUT2D eigenvalue weighted by Gasteiger charge is 2.18. The van der Waals surface area contributed by atoms with Crippen molar-refractivity contribution < 1.29 is 0 Å². The second-order valence-electron chi connectivity index (χ2n) is 5.69. The first-order valence-electron chi connectivity index (χ1n) is 7.25. The summed E-state index contributed by atoms with van der Waals surface area (Å²) in [6, 6.07) is 16.8. The van der Waals surface area contributed by atoms with Crippen molar-refractivity contribution in [3.05, 3.63) is 69.7 Å². The van der Waals surface area contributed by atoms with Crippen LogP contribution in [-0.2, 0) is 0 Å². The average Bonchev–Trinajstić information content (AvgIpc) is 2.48. The van der Waals surface area contributed by atoms with Gasteiger partial charge in [0.25, 0.3) is 0 Å². The number of hydrogen-bond donors (Lipinski definition) is 1. The Kier molecular flexibility index (Phi) is 5.69. The van der Waals surface area contributed by atoms with E-state index in [9.17, 15) is 0 Å². The molecule has 0 saturated carbocycles. The molecule has 1 nitrogen and oxygen atoms in total. The van der Waals surface area contributed by atoms with Crippen LogP contribution >= 0.6 is 23.2 Å². The normalized spacial score (nSPS) is 14.2. The van der Waals surface area contributed by atoms with Gasteiger partial charge in [0.1, 0.15) is 0 Å². The molecule has 21 heavy (non-hydrogen) atoms. The molecule has 3 heteroatoms. The Morgan fingerprint density at radius 3 is 2.05 bits per heavy atom. The molecule has 0 amide bonds. The topological polar surface area (TPSA) is 12.0 Å². The Morgan fingerprint density at radius 1 is 0.810 bits per heavy atom. The highest BCUT2D eigenvalue weighted by Crippen LogP contribution is 2.29. The molecule has 0 aromatic heterocycles. The molecule has 0 bridgehead atoms. The molecule has 2 atom stereocenters. The minimum absolute atomic E-state index is 0.201. The Morgan fingerprint density at radius 2 is 1.48 bits per heavy atom. The van der Waals surface area contributed by atoms with Gasteiger partial charge in [-0.15, -0.1) is 0 Å². The van der Waals surface area contributed by atoms with Gasteiger partial charge in [-0.25, -0.2) is 0 Å². The van der Waals surface area contributed by atoms with Crippen molar-refractivity contribution in [2.75, 3.05) is 0 Å². The zero-order valence-corrected chi connectivity index (χ0v) is 14.1. The number of hydrogen-bond acceptors (Lipinski definition) is 1. The molecular formula is C18H21Cl2N. The molecule has 0 aliphatic carbocycles. The lowest BCUT2D eigenvalue weighted by molar-refractivity contribution is 0.374. The van der Waals surface area contributed by atoms with E-state index in [1.165, 1.54) is 5.56 Å². The summed E-state index contributed by atoms with van der Waals surface area (Å²) >= 11 is 12.1. The molecule has 2 rings (SSSR count). The van der Waals surface area contributed by atoms with E-state index >= 15 is 0 Å². The van der Waals surface area contributed by atoms with E-state index in [0.29, 0.717) is 22.0 Å². The fraction of sp³-hybridized carbons (Fsp3) is 0.333. The number of halogens is 2. The van der Waals surface area contributed by atoms with Gasteiger partial charge in [0.05, 0.1) is 10.0 Å². The van der Waals surface area contributed by atoms with Crippen molar-refractivity contribution in [1.29, 1.82) is 0 Å². The van der Waals surface area contributed by atoms with Crippen molar-refractivity contribution in [3.8, 4) is 0 Å². The summed E-state index contributed by atoms with van der Waals surface area (Å²) in [4.78, 5) is 0. The van der Waals surface area contributed by atoms with Gasteiger partial charge in [-0.3, -0.25) is 0 Å². The van der Waals surface area contributed by atoms with Crippen LogP contribution in [0.15, 0.2) is 48.5 Å². The van der Waals surface area contributed by atoms with E-state index in [1.54, 1.807) is 0 Å². The Bertz CT molecular complexity index is 581. The predicted octanol–water partition coefficient (Wildman–Crippen LogP) is 6.04.